The summed E-state index contributed by atoms with van der Waals surface area (Å²) >= 11 is 0. The van der Waals surface area contributed by atoms with Crippen LogP contribution >= 0.6 is 0 Å². The summed E-state index contributed by atoms with van der Waals surface area (Å²) in [5.74, 6) is -1.14. The molecule has 1 atom stereocenters. The van der Waals surface area contributed by atoms with E-state index < -0.39 is 16.9 Å². The molecule has 1 rings (SSSR count). The lowest BCUT2D eigenvalue weighted by Gasteiger charge is -2.11. The first-order chi connectivity index (χ1) is 8.95. The van der Waals surface area contributed by atoms with Gasteiger partial charge < -0.3 is 15.9 Å². The van der Waals surface area contributed by atoms with Crippen LogP contribution in [0, 0.1) is 10.1 Å². The van der Waals surface area contributed by atoms with E-state index in [4.69, 9.17) is 15.9 Å². The molecule has 0 radical (unpaired) electrons. The first-order valence-electron chi connectivity index (χ1n) is 5.51. The molecule has 4 N–H and O–H groups in total. The van der Waals surface area contributed by atoms with Crippen molar-refractivity contribution in [1.82, 2.24) is 0 Å². The molecule has 0 aliphatic carbocycles. The van der Waals surface area contributed by atoms with E-state index in [0.717, 1.165) is 6.08 Å². The molecule has 7 nitrogen and oxygen atoms in total. The molecule has 0 aliphatic heterocycles. The van der Waals surface area contributed by atoms with Crippen molar-refractivity contribution in [1.29, 1.82) is 0 Å². The third-order valence-electron chi connectivity index (χ3n) is 2.51. The number of nitrogens with two attached hydrogens (primary N) is 1. The van der Waals surface area contributed by atoms with E-state index in [1.165, 1.54) is 18.2 Å². The summed E-state index contributed by atoms with van der Waals surface area (Å²) in [5.41, 5.74) is 6.26. The summed E-state index contributed by atoms with van der Waals surface area (Å²) < 4.78 is 0. The highest BCUT2D eigenvalue weighted by atomic mass is 16.6. The number of nitrogens with zero attached hydrogens (tertiary/aromatic N) is 1. The molecule has 0 fully saturated rings. The zero-order chi connectivity index (χ0) is 14.4. The number of hydrogen-bond acceptors (Lipinski definition) is 5. The van der Waals surface area contributed by atoms with Gasteiger partial charge >= 0.3 is 5.97 Å². The van der Waals surface area contributed by atoms with Gasteiger partial charge in [0.25, 0.3) is 5.69 Å². The molecular formula is C12H14N2O5. The molecular weight excluding hydrogens is 252 g/mol. The van der Waals surface area contributed by atoms with E-state index >= 15 is 0 Å². The van der Waals surface area contributed by atoms with Crippen LogP contribution in [0.25, 0.3) is 6.08 Å². The molecule has 1 aromatic rings. The largest absolute Gasteiger partial charge is 0.478 e. The Balaban J connectivity index is 3.14. The summed E-state index contributed by atoms with van der Waals surface area (Å²) in [7, 11) is 0. The Morgan fingerprint density at radius 3 is 2.74 bits per heavy atom. The minimum absolute atomic E-state index is 0.168. The highest BCUT2D eigenvalue weighted by Gasteiger charge is 2.19. The number of aliphatic carboxylic acids is 1. The van der Waals surface area contributed by atoms with Gasteiger partial charge in [-0.1, -0.05) is 6.07 Å². The van der Waals surface area contributed by atoms with Gasteiger partial charge in [-0.15, -0.1) is 0 Å². The molecule has 0 amide bonds. The summed E-state index contributed by atoms with van der Waals surface area (Å²) in [5, 5.41) is 28.3. The highest BCUT2D eigenvalue weighted by Crippen LogP contribution is 2.27. The summed E-state index contributed by atoms with van der Waals surface area (Å²) in [6, 6.07) is 3.63. The predicted molar refractivity (Wildman–Crippen MR) is 68.4 cm³/mol. The van der Waals surface area contributed by atoms with Gasteiger partial charge in [0.05, 0.1) is 4.92 Å². The lowest BCUT2D eigenvalue weighted by molar-refractivity contribution is -0.385. The van der Waals surface area contributed by atoms with Crippen LogP contribution in [0.1, 0.15) is 23.6 Å². The normalized spacial score (nSPS) is 12.5. The van der Waals surface area contributed by atoms with Crippen molar-refractivity contribution < 1.29 is 19.9 Å². The maximum Gasteiger partial charge on any atom is 0.328 e. The molecule has 0 saturated carbocycles. The SMILES string of the molecule is NC(CCO)c1ccc(/C=C/C(=O)O)cc1[N+](=O)[O-]. The number of carboxylic acid groups (broad SMARTS) is 1. The van der Waals surface area contributed by atoms with Crippen molar-refractivity contribution in [2.45, 2.75) is 12.5 Å². The maximum atomic E-state index is 11.0. The van der Waals surface area contributed by atoms with Crippen LogP contribution in [0.3, 0.4) is 0 Å². The number of aliphatic hydroxyl groups is 1. The Bertz CT molecular complexity index is 513. The van der Waals surface area contributed by atoms with Crippen molar-refractivity contribution >= 4 is 17.7 Å². The zero-order valence-electron chi connectivity index (χ0n) is 10.0. The summed E-state index contributed by atoms with van der Waals surface area (Å²) in [6.45, 7) is -0.168. The third-order valence-corrected chi connectivity index (χ3v) is 2.51. The van der Waals surface area contributed by atoms with Crippen LogP contribution in [-0.4, -0.2) is 27.7 Å². The van der Waals surface area contributed by atoms with Gasteiger partial charge in [0.2, 0.25) is 0 Å². The maximum absolute atomic E-state index is 11.0. The number of aliphatic hydroxyl groups excluding tert-OH is 1. The quantitative estimate of drug-likeness (QED) is 0.401. The van der Waals surface area contributed by atoms with Crippen molar-refractivity contribution in [2.24, 2.45) is 5.73 Å². The zero-order valence-corrected chi connectivity index (χ0v) is 10.0. The van der Waals surface area contributed by atoms with Crippen molar-refractivity contribution in [3.05, 3.63) is 45.5 Å². The first kappa shape index (κ1) is 14.8. The van der Waals surface area contributed by atoms with E-state index in [-0.39, 0.29) is 18.7 Å². The smallest absolute Gasteiger partial charge is 0.328 e. The minimum atomic E-state index is -1.14. The van der Waals surface area contributed by atoms with Crippen molar-refractivity contribution in [2.75, 3.05) is 6.61 Å². The first-order valence-corrected chi connectivity index (χ1v) is 5.51. The van der Waals surface area contributed by atoms with Crippen LogP contribution in [0.5, 0.6) is 0 Å². The number of carbonyl (C=O) groups is 1. The standard InChI is InChI=1S/C12H14N2O5/c13-10(5-6-15)9-3-1-8(2-4-12(16)17)7-11(9)14(18)19/h1-4,7,10,15H,5-6,13H2,(H,16,17)/b4-2+. The Labute approximate surface area is 109 Å². The van der Waals surface area contributed by atoms with E-state index in [0.29, 0.717) is 11.1 Å². The lowest BCUT2D eigenvalue weighted by Crippen LogP contribution is -2.14. The molecule has 0 saturated heterocycles. The monoisotopic (exact) mass is 266 g/mol. The fourth-order valence-electron chi connectivity index (χ4n) is 1.60. The number of nitro benzene ring substituents is 1. The van der Waals surface area contributed by atoms with Crippen LogP contribution in [-0.2, 0) is 4.79 Å². The molecule has 7 heteroatoms. The van der Waals surface area contributed by atoms with Crippen molar-refractivity contribution in [3.8, 4) is 0 Å². The predicted octanol–water partition coefficient (Wildman–Crippen LogP) is 1.07. The topological polar surface area (TPSA) is 127 Å². The Kier molecular flexibility index (Phi) is 5.16. The fourth-order valence-corrected chi connectivity index (χ4v) is 1.60. The number of rotatable bonds is 6. The van der Waals surface area contributed by atoms with Crippen LogP contribution in [0.4, 0.5) is 5.69 Å². The number of carboxylic acids is 1. The second-order valence-corrected chi connectivity index (χ2v) is 3.87. The van der Waals surface area contributed by atoms with Crippen molar-refractivity contribution in [3.63, 3.8) is 0 Å². The molecule has 1 unspecified atom stereocenters. The van der Waals surface area contributed by atoms with Gasteiger partial charge in [0.1, 0.15) is 0 Å². The lowest BCUT2D eigenvalue weighted by atomic mass is 10.0. The number of nitro groups is 1. The van der Waals surface area contributed by atoms with E-state index in [1.54, 1.807) is 6.07 Å². The Morgan fingerprint density at radius 1 is 1.53 bits per heavy atom. The van der Waals surface area contributed by atoms with Gasteiger partial charge in [0, 0.05) is 30.4 Å². The second-order valence-electron chi connectivity index (χ2n) is 3.87. The van der Waals surface area contributed by atoms with E-state index in [9.17, 15) is 14.9 Å². The summed E-state index contributed by atoms with van der Waals surface area (Å²) in [6.07, 6.45) is 2.37. The molecule has 0 bridgehead atoms. The van der Waals surface area contributed by atoms with Crippen LogP contribution in [0.15, 0.2) is 24.3 Å². The van der Waals surface area contributed by atoms with Gasteiger partial charge in [-0.25, -0.2) is 4.79 Å². The Morgan fingerprint density at radius 2 is 2.21 bits per heavy atom. The molecule has 19 heavy (non-hydrogen) atoms. The second kappa shape index (κ2) is 6.62. The molecule has 0 spiro atoms. The van der Waals surface area contributed by atoms with Crippen LogP contribution in [0.2, 0.25) is 0 Å². The summed E-state index contributed by atoms with van der Waals surface area (Å²) in [4.78, 5) is 20.8. The molecule has 1 aromatic carbocycles. The minimum Gasteiger partial charge on any atom is -0.478 e. The average Bonchev–Trinajstić information content (AvgIpc) is 2.36. The molecule has 0 heterocycles. The van der Waals surface area contributed by atoms with Crippen LogP contribution < -0.4 is 5.73 Å². The number of hydrogen-bond donors (Lipinski definition) is 3. The molecule has 0 aliphatic rings. The average molecular weight is 266 g/mol. The molecule has 0 aromatic heterocycles. The Hall–Kier alpha value is -2.25. The molecule has 102 valence electrons. The van der Waals surface area contributed by atoms with Gasteiger partial charge in [-0.05, 0) is 24.1 Å². The van der Waals surface area contributed by atoms with E-state index in [1.807, 2.05) is 0 Å². The fraction of sp³-hybridized carbons (Fsp3) is 0.250. The van der Waals surface area contributed by atoms with E-state index in [2.05, 4.69) is 0 Å². The third kappa shape index (κ3) is 4.16. The van der Waals surface area contributed by atoms with Gasteiger partial charge in [-0.2, -0.15) is 0 Å². The number of benzene rings is 1. The van der Waals surface area contributed by atoms with Gasteiger partial charge in [0.15, 0.2) is 0 Å². The highest BCUT2D eigenvalue weighted by molar-refractivity contribution is 5.85. The van der Waals surface area contributed by atoms with Gasteiger partial charge in [-0.3, -0.25) is 10.1 Å².